The van der Waals surface area contributed by atoms with Gasteiger partial charge in [-0.25, -0.2) is 10.4 Å². The maximum atomic E-state index is 13.0. The molecule has 30 heavy (non-hydrogen) atoms. The number of nitrogens with one attached hydrogen (secondary N) is 4. The van der Waals surface area contributed by atoms with Gasteiger partial charge in [-0.15, -0.1) is 0 Å². The smallest absolute Gasteiger partial charge is 0.226 e. The molecule has 2 saturated carbocycles. The number of hydrogen-bond donors (Lipinski definition) is 4. The van der Waals surface area contributed by atoms with Crippen molar-refractivity contribution in [1.82, 2.24) is 26.6 Å². The minimum atomic E-state index is -0.148. The third-order valence-corrected chi connectivity index (χ3v) is 7.50. The summed E-state index contributed by atoms with van der Waals surface area (Å²) in [6.45, 7) is 0. The third-order valence-electron chi connectivity index (χ3n) is 7.50. The standard InChI is InChI=1S/C23H33N5O2/c29-22(24-17-10-6-1-2-7-11-17)16-12-13-18-19(14-16)28-21(25-23(18)30)20(26-27-28)15-8-4-3-5-9-15/h3-5,8-9,16-21,26-27H,1-2,6-7,10-14H2,(H,24,29)(H,25,30). The second-order valence-corrected chi connectivity index (χ2v) is 9.39. The van der Waals surface area contributed by atoms with Gasteiger partial charge in [-0.1, -0.05) is 56.0 Å². The molecule has 0 aromatic heterocycles. The molecule has 7 heteroatoms. The van der Waals surface area contributed by atoms with Crippen molar-refractivity contribution in [2.24, 2.45) is 11.8 Å². The molecule has 4 N–H and O–H groups in total. The number of nitrogens with zero attached hydrogens (tertiary/aromatic N) is 1. The van der Waals surface area contributed by atoms with Gasteiger partial charge >= 0.3 is 0 Å². The van der Waals surface area contributed by atoms with Gasteiger partial charge in [0, 0.05) is 18.0 Å². The Balaban J connectivity index is 1.27. The van der Waals surface area contributed by atoms with Gasteiger partial charge in [-0.3, -0.25) is 9.59 Å². The summed E-state index contributed by atoms with van der Waals surface area (Å²) in [6, 6.07) is 10.5. The second-order valence-electron chi connectivity index (χ2n) is 9.39. The monoisotopic (exact) mass is 411 g/mol. The van der Waals surface area contributed by atoms with Crippen LogP contribution in [0.25, 0.3) is 0 Å². The molecule has 5 atom stereocenters. The summed E-state index contributed by atoms with van der Waals surface area (Å²) in [7, 11) is 0. The van der Waals surface area contributed by atoms with E-state index in [0.717, 1.165) is 37.7 Å². The van der Waals surface area contributed by atoms with Gasteiger partial charge < -0.3 is 10.6 Å². The van der Waals surface area contributed by atoms with Crippen LogP contribution in [-0.4, -0.2) is 35.1 Å². The van der Waals surface area contributed by atoms with E-state index < -0.39 is 0 Å². The Morgan fingerprint density at radius 1 is 1.00 bits per heavy atom. The molecule has 0 radical (unpaired) electrons. The van der Waals surface area contributed by atoms with Crippen LogP contribution in [0.15, 0.2) is 30.3 Å². The van der Waals surface area contributed by atoms with E-state index in [9.17, 15) is 9.59 Å². The average molecular weight is 412 g/mol. The van der Waals surface area contributed by atoms with E-state index in [0.29, 0.717) is 6.04 Å². The van der Waals surface area contributed by atoms with E-state index in [2.05, 4.69) is 38.7 Å². The van der Waals surface area contributed by atoms with Crippen LogP contribution in [0.3, 0.4) is 0 Å². The van der Waals surface area contributed by atoms with Crippen LogP contribution in [-0.2, 0) is 9.59 Å². The lowest BCUT2D eigenvalue weighted by Gasteiger charge is -2.46. The largest absolute Gasteiger partial charge is 0.353 e. The zero-order valence-corrected chi connectivity index (χ0v) is 17.5. The molecule has 2 heterocycles. The number of benzene rings is 1. The first-order chi connectivity index (χ1) is 14.7. The number of hydrogen-bond acceptors (Lipinski definition) is 5. The fourth-order valence-corrected chi connectivity index (χ4v) is 5.81. The molecule has 2 saturated heterocycles. The topological polar surface area (TPSA) is 85.5 Å². The maximum Gasteiger partial charge on any atom is 0.226 e. The zero-order valence-electron chi connectivity index (χ0n) is 17.5. The summed E-state index contributed by atoms with van der Waals surface area (Å²) in [5, 5.41) is 8.69. The quantitative estimate of drug-likeness (QED) is 0.573. The number of carbonyl (C=O) groups excluding carboxylic acids is 2. The van der Waals surface area contributed by atoms with Crippen LogP contribution >= 0.6 is 0 Å². The molecule has 4 fully saturated rings. The molecule has 1 aromatic rings. The fourth-order valence-electron chi connectivity index (χ4n) is 5.81. The summed E-state index contributed by atoms with van der Waals surface area (Å²) < 4.78 is 0. The molecule has 2 amide bonds. The molecule has 0 bridgehead atoms. The summed E-state index contributed by atoms with van der Waals surface area (Å²) in [5.74, 6) is 0.232. The van der Waals surface area contributed by atoms with Crippen molar-refractivity contribution in [3.8, 4) is 0 Å². The van der Waals surface area contributed by atoms with Gasteiger partial charge in [0.2, 0.25) is 11.8 Å². The van der Waals surface area contributed by atoms with Crippen molar-refractivity contribution in [1.29, 1.82) is 0 Å². The van der Waals surface area contributed by atoms with Crippen molar-refractivity contribution < 1.29 is 9.59 Å². The third kappa shape index (κ3) is 3.86. The van der Waals surface area contributed by atoms with Crippen molar-refractivity contribution in [2.75, 3.05) is 0 Å². The number of rotatable bonds is 3. The van der Waals surface area contributed by atoms with Crippen LogP contribution in [0.1, 0.15) is 69.4 Å². The highest BCUT2D eigenvalue weighted by molar-refractivity contribution is 5.83. The molecule has 162 valence electrons. The van der Waals surface area contributed by atoms with Crippen molar-refractivity contribution in [3.05, 3.63) is 35.9 Å². The summed E-state index contributed by atoms with van der Waals surface area (Å²) in [5.41, 5.74) is 7.79. The minimum absolute atomic E-state index is 0.0152. The Morgan fingerprint density at radius 3 is 2.53 bits per heavy atom. The first kappa shape index (κ1) is 20.0. The highest BCUT2D eigenvalue weighted by Gasteiger charge is 2.51. The molecular weight excluding hydrogens is 378 g/mol. The van der Waals surface area contributed by atoms with E-state index >= 15 is 0 Å². The Labute approximate surface area is 178 Å². The van der Waals surface area contributed by atoms with Crippen LogP contribution in [0.5, 0.6) is 0 Å². The summed E-state index contributed by atoms with van der Waals surface area (Å²) in [6.07, 6.45) is 9.34. The summed E-state index contributed by atoms with van der Waals surface area (Å²) in [4.78, 5) is 25.9. The van der Waals surface area contributed by atoms with Gasteiger partial charge in [0.15, 0.2) is 0 Å². The van der Waals surface area contributed by atoms with Gasteiger partial charge in [-0.2, -0.15) is 5.53 Å². The van der Waals surface area contributed by atoms with E-state index in [4.69, 9.17) is 0 Å². The summed E-state index contributed by atoms with van der Waals surface area (Å²) >= 11 is 0. The van der Waals surface area contributed by atoms with E-state index in [-0.39, 0.29) is 41.9 Å². The number of fused-ring (bicyclic) bond motifs is 3. The van der Waals surface area contributed by atoms with Crippen molar-refractivity contribution >= 4 is 11.8 Å². The van der Waals surface area contributed by atoms with E-state index in [1.54, 1.807) is 0 Å². The molecule has 7 nitrogen and oxygen atoms in total. The number of amides is 2. The van der Waals surface area contributed by atoms with Crippen LogP contribution in [0.2, 0.25) is 0 Å². The molecule has 4 aliphatic rings. The van der Waals surface area contributed by atoms with Crippen LogP contribution < -0.4 is 21.6 Å². The highest BCUT2D eigenvalue weighted by Crippen LogP contribution is 2.39. The minimum Gasteiger partial charge on any atom is -0.353 e. The normalized spacial score (nSPS) is 35.1. The highest BCUT2D eigenvalue weighted by atomic mass is 16.2. The molecule has 1 aromatic carbocycles. The van der Waals surface area contributed by atoms with E-state index in [1.807, 2.05) is 18.2 Å². The first-order valence-electron chi connectivity index (χ1n) is 11.7. The number of carbonyl (C=O) groups is 2. The van der Waals surface area contributed by atoms with Crippen LogP contribution in [0, 0.1) is 11.8 Å². The molecule has 0 spiro atoms. The van der Waals surface area contributed by atoms with Crippen LogP contribution in [0.4, 0.5) is 0 Å². The Hall–Kier alpha value is -1.96. The number of hydrazine groups is 2. The molecule has 5 rings (SSSR count). The Bertz CT molecular complexity index is 764. The average Bonchev–Trinajstić information content (AvgIpc) is 3.03. The van der Waals surface area contributed by atoms with Gasteiger partial charge in [-0.05, 0) is 37.7 Å². The van der Waals surface area contributed by atoms with Gasteiger partial charge in [0.05, 0.1) is 12.0 Å². The maximum absolute atomic E-state index is 13.0. The lowest BCUT2D eigenvalue weighted by Crippen LogP contribution is -2.66. The fraction of sp³-hybridized carbons (Fsp3) is 0.652. The predicted octanol–water partition coefficient (Wildman–Crippen LogP) is 2.13. The lowest BCUT2D eigenvalue weighted by molar-refractivity contribution is -0.143. The first-order valence-corrected chi connectivity index (χ1v) is 11.7. The Morgan fingerprint density at radius 2 is 1.77 bits per heavy atom. The molecule has 5 unspecified atom stereocenters. The lowest BCUT2D eigenvalue weighted by atomic mass is 9.75. The molecular formula is C23H33N5O2. The van der Waals surface area contributed by atoms with Crippen molar-refractivity contribution in [3.63, 3.8) is 0 Å². The second kappa shape index (κ2) is 8.65. The van der Waals surface area contributed by atoms with Crippen molar-refractivity contribution in [2.45, 2.75) is 82.1 Å². The zero-order chi connectivity index (χ0) is 20.5. The van der Waals surface area contributed by atoms with Gasteiger partial charge in [0.25, 0.3) is 0 Å². The van der Waals surface area contributed by atoms with E-state index in [1.165, 1.54) is 25.7 Å². The van der Waals surface area contributed by atoms with Gasteiger partial charge in [0.1, 0.15) is 6.17 Å². The predicted molar refractivity (Wildman–Crippen MR) is 113 cm³/mol. The SMILES string of the molecule is O=C(NC1CCCCCC1)C1CCC2C(=O)NC3C(c4ccccc4)NNN3C2C1. The molecule has 2 aliphatic heterocycles. The molecule has 2 aliphatic carbocycles. The Kier molecular flexibility index (Phi) is 5.76.